The van der Waals surface area contributed by atoms with Gasteiger partial charge in [-0.2, -0.15) is 0 Å². The van der Waals surface area contributed by atoms with Gasteiger partial charge in [0.25, 0.3) is 0 Å². The topological polar surface area (TPSA) is 77.2 Å². The minimum absolute atomic E-state index is 0.0596. The van der Waals surface area contributed by atoms with Crippen LogP contribution in [0.25, 0.3) is 0 Å². The first-order valence-corrected chi connectivity index (χ1v) is 6.32. The van der Waals surface area contributed by atoms with Crippen molar-refractivity contribution in [2.45, 2.75) is 25.3 Å². The molecular weight excluding hydrogens is 202 g/mol. The Morgan fingerprint density at radius 2 is 2.14 bits per heavy atom. The molecule has 0 heterocycles. The lowest BCUT2D eigenvalue weighted by Gasteiger charge is -2.08. The monoisotopic (exact) mass is 217 g/mol. The summed E-state index contributed by atoms with van der Waals surface area (Å²) in [6.07, 6.45) is 6.84. The second-order valence-electron chi connectivity index (χ2n) is 3.20. The van der Waals surface area contributed by atoms with Gasteiger partial charge in [-0.3, -0.25) is 4.79 Å². The zero-order valence-corrected chi connectivity index (χ0v) is 9.01. The van der Waals surface area contributed by atoms with E-state index in [1.165, 1.54) is 0 Å². The van der Waals surface area contributed by atoms with Crippen LogP contribution in [0.2, 0.25) is 0 Å². The van der Waals surface area contributed by atoms with Gasteiger partial charge < -0.3 is 5.73 Å². The van der Waals surface area contributed by atoms with Crippen molar-refractivity contribution >= 4 is 15.6 Å². The second-order valence-corrected chi connectivity index (χ2v) is 5.46. The lowest BCUT2D eigenvalue weighted by Crippen LogP contribution is -2.32. The number of hydrogen-bond donors (Lipinski definition) is 1. The molecule has 0 spiro atoms. The van der Waals surface area contributed by atoms with Crippen LogP contribution in [0.3, 0.4) is 0 Å². The highest BCUT2D eigenvalue weighted by atomic mass is 32.2. The Hall–Kier alpha value is -0.860. The molecule has 0 aromatic heterocycles. The van der Waals surface area contributed by atoms with Crippen molar-refractivity contribution in [3.05, 3.63) is 0 Å². The highest BCUT2D eigenvalue weighted by molar-refractivity contribution is 7.90. The number of Topliss-reactive ketones (excluding diaryl/α,β-unsaturated/α-hetero) is 1. The molecule has 0 radical (unpaired) electrons. The molecule has 0 aliphatic carbocycles. The van der Waals surface area contributed by atoms with Gasteiger partial charge in [-0.1, -0.05) is 0 Å². The highest BCUT2D eigenvalue weighted by Crippen LogP contribution is 1.99. The van der Waals surface area contributed by atoms with Gasteiger partial charge in [0, 0.05) is 19.1 Å². The molecule has 0 saturated carbocycles. The number of sulfone groups is 1. The Morgan fingerprint density at radius 1 is 1.57 bits per heavy atom. The molecule has 0 amide bonds. The van der Waals surface area contributed by atoms with E-state index in [-0.39, 0.29) is 24.4 Å². The van der Waals surface area contributed by atoms with Crippen LogP contribution in [-0.4, -0.2) is 32.3 Å². The van der Waals surface area contributed by atoms with Gasteiger partial charge >= 0.3 is 0 Å². The minimum atomic E-state index is -3.05. The molecule has 0 bridgehead atoms. The van der Waals surface area contributed by atoms with Gasteiger partial charge in [0.05, 0.1) is 11.8 Å². The number of ketones is 1. The fourth-order valence-corrected chi connectivity index (χ4v) is 1.56. The average Bonchev–Trinajstić information content (AvgIpc) is 2.09. The van der Waals surface area contributed by atoms with Crippen LogP contribution in [0.1, 0.15) is 19.3 Å². The molecule has 0 saturated heterocycles. The SMILES string of the molecule is C#CCCC(=O)C(N)CCS(C)(=O)=O. The third kappa shape index (κ3) is 6.63. The molecule has 0 fully saturated rings. The van der Waals surface area contributed by atoms with Crippen LogP contribution < -0.4 is 5.73 Å². The third-order valence-corrected chi connectivity index (χ3v) is 2.71. The molecule has 80 valence electrons. The van der Waals surface area contributed by atoms with Crippen LogP contribution in [0.5, 0.6) is 0 Å². The molecule has 0 aromatic carbocycles. The molecule has 14 heavy (non-hydrogen) atoms. The molecule has 2 N–H and O–H groups in total. The molecule has 5 heteroatoms. The van der Waals surface area contributed by atoms with Gasteiger partial charge in [0.15, 0.2) is 5.78 Å². The second kappa shape index (κ2) is 5.78. The Kier molecular flexibility index (Phi) is 5.43. The van der Waals surface area contributed by atoms with E-state index >= 15 is 0 Å². The van der Waals surface area contributed by atoms with E-state index < -0.39 is 15.9 Å². The van der Waals surface area contributed by atoms with E-state index in [9.17, 15) is 13.2 Å². The van der Waals surface area contributed by atoms with E-state index in [0.29, 0.717) is 6.42 Å². The van der Waals surface area contributed by atoms with Crippen molar-refractivity contribution in [1.29, 1.82) is 0 Å². The molecular formula is C9H15NO3S. The van der Waals surface area contributed by atoms with Gasteiger partial charge in [0.2, 0.25) is 0 Å². The minimum Gasteiger partial charge on any atom is -0.321 e. The summed E-state index contributed by atoms with van der Waals surface area (Å²) in [5.74, 6) is 2.10. The maximum atomic E-state index is 11.2. The molecule has 0 rings (SSSR count). The quantitative estimate of drug-likeness (QED) is 0.621. The summed E-state index contributed by atoms with van der Waals surface area (Å²) in [5, 5.41) is 0. The first kappa shape index (κ1) is 13.1. The number of rotatable bonds is 6. The lowest BCUT2D eigenvalue weighted by molar-refractivity contribution is -0.120. The van der Waals surface area contributed by atoms with E-state index in [1.54, 1.807) is 0 Å². The first-order valence-electron chi connectivity index (χ1n) is 4.26. The van der Waals surface area contributed by atoms with Crippen molar-refractivity contribution in [3.8, 4) is 12.3 Å². The Balaban J connectivity index is 3.92. The lowest BCUT2D eigenvalue weighted by atomic mass is 10.1. The summed E-state index contributed by atoms with van der Waals surface area (Å²) in [4.78, 5) is 11.2. The Labute approximate surface area is 84.8 Å². The molecule has 0 aliphatic rings. The molecule has 4 nitrogen and oxygen atoms in total. The summed E-state index contributed by atoms with van der Waals surface area (Å²) in [6.45, 7) is 0. The molecule has 1 unspecified atom stereocenters. The fourth-order valence-electron chi connectivity index (χ4n) is 0.883. The fraction of sp³-hybridized carbons (Fsp3) is 0.667. The summed E-state index contributed by atoms with van der Waals surface area (Å²) < 4.78 is 21.5. The van der Waals surface area contributed by atoms with Crippen LogP contribution in [0, 0.1) is 12.3 Å². The maximum Gasteiger partial charge on any atom is 0.150 e. The molecule has 0 aliphatic heterocycles. The number of terminal acetylenes is 1. The van der Waals surface area contributed by atoms with Gasteiger partial charge in [0.1, 0.15) is 9.84 Å². The van der Waals surface area contributed by atoms with Gasteiger partial charge in [-0.15, -0.1) is 12.3 Å². The number of hydrogen-bond acceptors (Lipinski definition) is 4. The summed E-state index contributed by atoms with van der Waals surface area (Å²) in [6, 6.07) is -0.710. The predicted octanol–water partition coefficient (Wildman–Crippen LogP) is -0.269. The van der Waals surface area contributed by atoms with Crippen molar-refractivity contribution in [1.82, 2.24) is 0 Å². The first-order chi connectivity index (χ1) is 6.37. The van der Waals surface area contributed by atoms with Crippen LogP contribution in [-0.2, 0) is 14.6 Å². The zero-order valence-electron chi connectivity index (χ0n) is 8.19. The largest absolute Gasteiger partial charge is 0.321 e. The van der Waals surface area contributed by atoms with Crippen molar-refractivity contribution in [2.24, 2.45) is 5.73 Å². The van der Waals surface area contributed by atoms with E-state index in [1.807, 2.05) is 0 Å². The van der Waals surface area contributed by atoms with Crippen LogP contribution in [0.4, 0.5) is 0 Å². The number of carbonyl (C=O) groups is 1. The normalized spacial score (nSPS) is 13.2. The standard InChI is InChI=1S/C9H15NO3S/c1-3-4-5-9(11)8(10)6-7-14(2,12)13/h1,8H,4-7,10H2,2H3. The predicted molar refractivity (Wildman–Crippen MR) is 55.4 cm³/mol. The summed E-state index contributed by atoms with van der Waals surface area (Å²) in [7, 11) is -3.05. The van der Waals surface area contributed by atoms with E-state index in [2.05, 4.69) is 5.92 Å². The number of nitrogens with two attached hydrogens (primary N) is 1. The highest BCUT2D eigenvalue weighted by Gasteiger charge is 2.14. The average molecular weight is 217 g/mol. The zero-order chi connectivity index (χ0) is 11.2. The van der Waals surface area contributed by atoms with Crippen LogP contribution >= 0.6 is 0 Å². The van der Waals surface area contributed by atoms with E-state index in [0.717, 1.165) is 6.26 Å². The molecule has 0 aromatic rings. The Morgan fingerprint density at radius 3 is 2.57 bits per heavy atom. The third-order valence-electron chi connectivity index (χ3n) is 1.73. The van der Waals surface area contributed by atoms with Crippen LogP contribution in [0.15, 0.2) is 0 Å². The van der Waals surface area contributed by atoms with Crippen molar-refractivity contribution in [2.75, 3.05) is 12.0 Å². The maximum absolute atomic E-state index is 11.2. The smallest absolute Gasteiger partial charge is 0.150 e. The van der Waals surface area contributed by atoms with Crippen molar-refractivity contribution < 1.29 is 13.2 Å². The molecule has 1 atom stereocenters. The van der Waals surface area contributed by atoms with Gasteiger partial charge in [-0.05, 0) is 6.42 Å². The summed E-state index contributed by atoms with van der Waals surface area (Å²) >= 11 is 0. The van der Waals surface area contributed by atoms with Gasteiger partial charge in [-0.25, -0.2) is 8.42 Å². The number of carbonyl (C=O) groups excluding carboxylic acids is 1. The van der Waals surface area contributed by atoms with Crippen molar-refractivity contribution in [3.63, 3.8) is 0 Å². The summed E-state index contributed by atoms with van der Waals surface area (Å²) in [5.41, 5.74) is 5.48. The Bertz CT molecular complexity index is 326. The van der Waals surface area contributed by atoms with E-state index in [4.69, 9.17) is 12.2 Å².